The number of anilines is 2. The first kappa shape index (κ1) is 32.1. The van der Waals surface area contributed by atoms with Gasteiger partial charge in [-0.1, -0.05) is 12.2 Å². The number of nitrogens with zero attached hydrogens (tertiary/aromatic N) is 3. The average molecular weight is 598 g/mol. The van der Waals surface area contributed by atoms with Crippen molar-refractivity contribution in [3.05, 3.63) is 49.6 Å². The molecular formula is C33H47N3O5S. The smallest absolute Gasteiger partial charge is 0.311 e. The number of hydrogen-bond acceptors (Lipinski definition) is 7. The molecule has 0 aliphatic carbocycles. The predicted molar refractivity (Wildman–Crippen MR) is 170 cm³/mol. The number of thioether (sulfide) groups is 1. The number of esters is 1. The fourth-order valence-electron chi connectivity index (χ4n) is 7.25. The van der Waals surface area contributed by atoms with Crippen LogP contribution in [0.5, 0.6) is 0 Å². The standard InChI is InChI=1S/C33H47N3O5S/c1-7-11-12-13-21-41-31(40)27-26-29(38)36(23(5)22-37)28(33(26)19-18-32(27,6)42-33)30(39)35(20-8-2)25-16-14-24(15-17-25)34(9-3)10-4/h7-8,14-17,23,26-28,37H,1-2,9-13,18-22H2,3-6H3/t23-,26+,27+,28?,32-,33?/m1/s1. The molecule has 1 N–H and O–H groups in total. The zero-order chi connectivity index (χ0) is 30.7. The van der Waals surface area contributed by atoms with Crippen LogP contribution in [0.15, 0.2) is 49.6 Å². The van der Waals surface area contributed by atoms with E-state index in [1.165, 1.54) is 0 Å². The molecule has 1 spiro atoms. The van der Waals surface area contributed by atoms with Gasteiger partial charge in [0.15, 0.2) is 0 Å². The molecule has 1 aromatic carbocycles. The Hall–Kier alpha value is -2.78. The summed E-state index contributed by atoms with van der Waals surface area (Å²) in [5.74, 6) is -2.13. The van der Waals surface area contributed by atoms with E-state index in [2.05, 4.69) is 31.9 Å². The van der Waals surface area contributed by atoms with Crippen molar-refractivity contribution in [2.75, 3.05) is 42.6 Å². The molecule has 2 unspecified atom stereocenters. The summed E-state index contributed by atoms with van der Waals surface area (Å²) in [5.41, 5.74) is 1.79. The lowest BCUT2D eigenvalue weighted by molar-refractivity contribution is -0.156. The molecule has 8 nitrogen and oxygen atoms in total. The van der Waals surface area contributed by atoms with Crippen molar-refractivity contribution in [1.82, 2.24) is 4.90 Å². The maximum atomic E-state index is 14.7. The van der Waals surface area contributed by atoms with Crippen molar-refractivity contribution in [3.63, 3.8) is 0 Å². The minimum atomic E-state index is -0.822. The molecule has 42 heavy (non-hydrogen) atoms. The molecule has 4 rings (SSSR count). The monoisotopic (exact) mass is 597 g/mol. The van der Waals surface area contributed by atoms with Crippen molar-refractivity contribution in [2.45, 2.75) is 81.4 Å². The highest BCUT2D eigenvalue weighted by atomic mass is 32.2. The number of unbranched alkanes of at least 4 members (excludes halogenated alkanes) is 2. The predicted octanol–water partition coefficient (Wildman–Crippen LogP) is 4.81. The second-order valence-corrected chi connectivity index (χ2v) is 13.8. The lowest BCUT2D eigenvalue weighted by Crippen LogP contribution is -2.57. The van der Waals surface area contributed by atoms with Gasteiger partial charge >= 0.3 is 5.97 Å². The minimum absolute atomic E-state index is 0.211. The van der Waals surface area contributed by atoms with Crippen molar-refractivity contribution < 1.29 is 24.2 Å². The molecule has 0 aromatic heterocycles. The molecule has 2 bridgehead atoms. The van der Waals surface area contributed by atoms with Gasteiger partial charge in [-0.25, -0.2) is 0 Å². The molecular weight excluding hydrogens is 550 g/mol. The topological polar surface area (TPSA) is 90.4 Å². The third-order valence-electron chi connectivity index (χ3n) is 9.36. The van der Waals surface area contributed by atoms with E-state index in [9.17, 15) is 19.5 Å². The van der Waals surface area contributed by atoms with Crippen LogP contribution >= 0.6 is 11.8 Å². The van der Waals surface area contributed by atoms with E-state index in [0.29, 0.717) is 19.4 Å². The molecule has 3 fully saturated rings. The van der Waals surface area contributed by atoms with Gasteiger partial charge in [-0.2, -0.15) is 0 Å². The number of aliphatic hydroxyl groups is 1. The Morgan fingerprint density at radius 3 is 2.40 bits per heavy atom. The van der Waals surface area contributed by atoms with Gasteiger partial charge < -0.3 is 24.5 Å². The van der Waals surface area contributed by atoms with E-state index in [1.807, 2.05) is 37.3 Å². The van der Waals surface area contributed by atoms with Gasteiger partial charge in [0.1, 0.15) is 6.04 Å². The molecule has 9 heteroatoms. The fourth-order valence-corrected chi connectivity index (χ4v) is 9.57. The molecule has 0 radical (unpaired) electrons. The van der Waals surface area contributed by atoms with Crippen LogP contribution in [0.2, 0.25) is 0 Å². The number of carbonyl (C=O) groups is 3. The van der Waals surface area contributed by atoms with Crippen molar-refractivity contribution in [2.24, 2.45) is 11.8 Å². The van der Waals surface area contributed by atoms with E-state index < -0.39 is 33.4 Å². The van der Waals surface area contributed by atoms with Crippen molar-refractivity contribution in [3.8, 4) is 0 Å². The number of rotatable bonds is 15. The highest BCUT2D eigenvalue weighted by Crippen LogP contribution is 2.71. The summed E-state index contributed by atoms with van der Waals surface area (Å²) in [6, 6.07) is 6.50. The number of fused-ring (bicyclic) bond motifs is 1. The normalized spacial score (nSPS) is 28.4. The average Bonchev–Trinajstić information content (AvgIpc) is 3.56. The lowest BCUT2D eigenvalue weighted by atomic mass is 9.66. The summed E-state index contributed by atoms with van der Waals surface area (Å²) in [6.07, 6.45) is 7.36. The highest BCUT2D eigenvalue weighted by molar-refractivity contribution is 8.02. The van der Waals surface area contributed by atoms with Crippen LogP contribution in [0.25, 0.3) is 0 Å². The molecule has 3 aliphatic rings. The fraction of sp³-hybridized carbons (Fsp3) is 0.606. The molecule has 0 saturated carbocycles. The first-order valence-corrected chi connectivity index (χ1v) is 16.1. The number of hydrogen-bond donors (Lipinski definition) is 1. The molecule has 6 atom stereocenters. The maximum absolute atomic E-state index is 14.7. The van der Waals surface area contributed by atoms with Crippen LogP contribution in [0.3, 0.4) is 0 Å². The van der Waals surface area contributed by atoms with Crippen LogP contribution in [0.4, 0.5) is 11.4 Å². The number of likely N-dealkylation sites (tertiary alicyclic amines) is 1. The van der Waals surface area contributed by atoms with Crippen LogP contribution in [-0.4, -0.2) is 82.2 Å². The molecule has 230 valence electrons. The number of carbonyl (C=O) groups excluding carboxylic acids is 3. The van der Waals surface area contributed by atoms with Gasteiger partial charge in [0.2, 0.25) is 5.91 Å². The first-order valence-electron chi connectivity index (χ1n) is 15.3. The molecule has 1 aromatic rings. The first-order chi connectivity index (χ1) is 20.1. The molecule has 3 heterocycles. The maximum Gasteiger partial charge on any atom is 0.311 e. The number of allylic oxidation sites excluding steroid dienone is 1. The Bertz CT molecular complexity index is 1170. The van der Waals surface area contributed by atoms with Gasteiger partial charge in [-0.05, 0) is 84.1 Å². The Labute approximate surface area is 255 Å². The number of ether oxygens (including phenoxy) is 1. The van der Waals surface area contributed by atoms with Crippen LogP contribution in [-0.2, 0) is 19.1 Å². The summed E-state index contributed by atoms with van der Waals surface area (Å²) in [7, 11) is 0. The zero-order valence-corrected chi connectivity index (χ0v) is 26.4. The van der Waals surface area contributed by atoms with Crippen LogP contribution in [0, 0.1) is 11.8 Å². The highest BCUT2D eigenvalue weighted by Gasteiger charge is 2.78. The summed E-state index contributed by atoms with van der Waals surface area (Å²) in [6.45, 7) is 17.7. The Balaban J connectivity index is 1.69. The number of benzene rings is 1. The van der Waals surface area contributed by atoms with Gasteiger partial charge in [-0.3, -0.25) is 14.4 Å². The largest absolute Gasteiger partial charge is 0.465 e. The summed E-state index contributed by atoms with van der Waals surface area (Å²) < 4.78 is 4.47. The summed E-state index contributed by atoms with van der Waals surface area (Å²) >= 11 is 1.61. The van der Waals surface area contributed by atoms with Gasteiger partial charge in [0.05, 0.1) is 35.8 Å². The van der Waals surface area contributed by atoms with E-state index in [4.69, 9.17) is 4.74 Å². The SMILES string of the molecule is C=CCCCCOC(=O)[C@@H]1[C@H]2C(=O)N([C@H](C)CO)C(C(=O)N(CC=C)c3ccc(N(CC)CC)cc3)C23CC[C@@]1(C)S3. The number of amides is 2. The Kier molecular flexibility index (Phi) is 10.1. The second kappa shape index (κ2) is 13.2. The quantitative estimate of drug-likeness (QED) is 0.176. The Morgan fingerprint density at radius 2 is 1.81 bits per heavy atom. The third kappa shape index (κ3) is 5.50. The van der Waals surface area contributed by atoms with E-state index in [1.54, 1.807) is 34.6 Å². The van der Waals surface area contributed by atoms with E-state index in [-0.39, 0.29) is 30.9 Å². The lowest BCUT2D eigenvalue weighted by Gasteiger charge is -2.39. The number of aliphatic hydroxyl groups excluding tert-OH is 1. The summed E-state index contributed by atoms with van der Waals surface area (Å²) in [4.78, 5) is 48.0. The van der Waals surface area contributed by atoms with E-state index in [0.717, 1.165) is 43.7 Å². The van der Waals surface area contributed by atoms with Gasteiger partial charge in [0.25, 0.3) is 5.91 Å². The van der Waals surface area contributed by atoms with Crippen LogP contribution < -0.4 is 9.80 Å². The molecule has 3 saturated heterocycles. The van der Waals surface area contributed by atoms with Crippen LogP contribution in [0.1, 0.15) is 59.8 Å². The van der Waals surface area contributed by atoms with Crippen molar-refractivity contribution >= 4 is 40.9 Å². The molecule has 3 aliphatic heterocycles. The third-order valence-corrected chi connectivity index (χ3v) is 11.3. The Morgan fingerprint density at radius 1 is 1.14 bits per heavy atom. The minimum Gasteiger partial charge on any atom is -0.465 e. The zero-order valence-electron chi connectivity index (χ0n) is 25.6. The van der Waals surface area contributed by atoms with Gasteiger partial charge in [0, 0.05) is 35.8 Å². The van der Waals surface area contributed by atoms with Gasteiger partial charge in [-0.15, -0.1) is 24.9 Å². The molecule has 2 amide bonds. The summed E-state index contributed by atoms with van der Waals surface area (Å²) in [5, 5.41) is 10.2. The van der Waals surface area contributed by atoms with E-state index >= 15 is 0 Å². The van der Waals surface area contributed by atoms with Crippen molar-refractivity contribution in [1.29, 1.82) is 0 Å². The second-order valence-electron chi connectivity index (χ2n) is 11.9.